The molecular weight excluding hydrogens is 342 g/mol. The molecule has 7 nitrogen and oxygen atoms in total. The summed E-state index contributed by atoms with van der Waals surface area (Å²) < 4.78 is 7.05. The second-order valence-corrected chi connectivity index (χ2v) is 6.13. The predicted molar refractivity (Wildman–Crippen MR) is 100 cm³/mol. The van der Waals surface area contributed by atoms with Crippen LogP contribution in [0.4, 0.5) is 5.69 Å². The van der Waals surface area contributed by atoms with Gasteiger partial charge in [-0.05, 0) is 24.3 Å². The first-order valence-corrected chi connectivity index (χ1v) is 8.35. The van der Waals surface area contributed by atoms with Crippen molar-refractivity contribution in [3.63, 3.8) is 0 Å². The van der Waals surface area contributed by atoms with Gasteiger partial charge in [-0.3, -0.25) is 13.9 Å². The molecule has 132 valence electrons. The molecule has 1 heterocycles. The van der Waals surface area contributed by atoms with E-state index in [1.807, 2.05) is 0 Å². The van der Waals surface area contributed by atoms with Crippen molar-refractivity contribution in [1.29, 1.82) is 0 Å². The molecule has 1 N–H and O–H groups in total. The third-order valence-corrected chi connectivity index (χ3v) is 4.46. The van der Waals surface area contributed by atoms with Gasteiger partial charge in [-0.2, -0.15) is 0 Å². The van der Waals surface area contributed by atoms with Crippen molar-refractivity contribution < 1.29 is 9.84 Å². The second kappa shape index (κ2) is 7.89. The van der Waals surface area contributed by atoms with Crippen LogP contribution >= 0.6 is 11.8 Å². The Morgan fingerprint density at radius 3 is 2.48 bits per heavy atom. The molecule has 0 saturated heterocycles. The largest absolute Gasteiger partial charge is 0.497 e. The summed E-state index contributed by atoms with van der Waals surface area (Å²) in [6.07, 6.45) is 1.66. The fraction of sp³-hybridized carbons (Fsp3) is 0.235. The highest BCUT2D eigenvalue weighted by molar-refractivity contribution is 8.14. The summed E-state index contributed by atoms with van der Waals surface area (Å²) in [5, 5.41) is 10.6. The van der Waals surface area contributed by atoms with Gasteiger partial charge in [0.2, 0.25) is 5.88 Å². The number of aromatic hydroxyl groups is 1. The Hall–Kier alpha value is -2.74. The zero-order chi connectivity index (χ0) is 18.6. The highest BCUT2D eigenvalue weighted by Gasteiger charge is 2.20. The summed E-state index contributed by atoms with van der Waals surface area (Å²) in [6, 6.07) is 6.95. The lowest BCUT2D eigenvalue weighted by atomic mass is 10.3. The zero-order valence-electron chi connectivity index (χ0n) is 14.2. The Morgan fingerprint density at radius 2 is 1.92 bits per heavy atom. The lowest BCUT2D eigenvalue weighted by molar-refractivity contribution is 0.410. The Labute approximate surface area is 148 Å². The van der Waals surface area contributed by atoms with Gasteiger partial charge in [-0.25, -0.2) is 9.79 Å². The van der Waals surface area contributed by atoms with Crippen molar-refractivity contribution in [3.05, 3.63) is 63.3 Å². The molecule has 2 aromatic rings. The molecule has 0 amide bonds. The van der Waals surface area contributed by atoms with E-state index in [0.717, 1.165) is 9.13 Å². The fourth-order valence-electron chi connectivity index (χ4n) is 2.09. The minimum Gasteiger partial charge on any atom is -0.497 e. The van der Waals surface area contributed by atoms with E-state index in [0.29, 0.717) is 22.2 Å². The Bertz CT molecular complexity index is 927. The first-order chi connectivity index (χ1) is 11.9. The fourth-order valence-corrected chi connectivity index (χ4v) is 2.86. The summed E-state index contributed by atoms with van der Waals surface area (Å²) in [5.74, 6) is 0.748. The normalized spacial score (nSPS) is 11.4. The standard InChI is InChI=1S/C17H19N3O4S/c1-5-10-25-14(18-11-6-8-12(24-4)9-7-11)13-15(21)19(2)17(23)20(3)16(13)22/h5-9,21H,1,10H2,2-4H3. The van der Waals surface area contributed by atoms with E-state index in [1.54, 1.807) is 37.5 Å². The molecule has 0 atom stereocenters. The molecular formula is C17H19N3O4S. The zero-order valence-corrected chi connectivity index (χ0v) is 15.0. The lowest BCUT2D eigenvalue weighted by Gasteiger charge is -2.12. The number of thioether (sulfide) groups is 1. The Morgan fingerprint density at radius 1 is 1.28 bits per heavy atom. The van der Waals surface area contributed by atoms with E-state index in [-0.39, 0.29) is 5.56 Å². The number of methoxy groups -OCH3 is 1. The van der Waals surface area contributed by atoms with E-state index in [1.165, 1.54) is 25.9 Å². The molecule has 0 aliphatic heterocycles. The van der Waals surface area contributed by atoms with Crippen molar-refractivity contribution >= 4 is 22.5 Å². The minimum atomic E-state index is -0.608. The third kappa shape index (κ3) is 3.85. The molecule has 0 saturated carbocycles. The number of aromatic nitrogens is 2. The van der Waals surface area contributed by atoms with Crippen LogP contribution in [0.15, 0.2) is 51.5 Å². The monoisotopic (exact) mass is 361 g/mol. The average Bonchev–Trinajstić information content (AvgIpc) is 2.63. The molecule has 0 bridgehead atoms. The number of hydrogen-bond donors (Lipinski definition) is 1. The smallest absolute Gasteiger partial charge is 0.333 e. The van der Waals surface area contributed by atoms with Gasteiger partial charge in [0.05, 0.1) is 12.8 Å². The molecule has 0 aliphatic carbocycles. The molecule has 0 radical (unpaired) electrons. The van der Waals surface area contributed by atoms with E-state index in [9.17, 15) is 14.7 Å². The van der Waals surface area contributed by atoms with Crippen LogP contribution in [-0.4, -0.2) is 32.1 Å². The number of ether oxygens (including phenoxy) is 1. The van der Waals surface area contributed by atoms with Crippen LogP contribution in [0.5, 0.6) is 11.6 Å². The first-order valence-electron chi connectivity index (χ1n) is 7.36. The molecule has 2 rings (SSSR count). The molecule has 1 aromatic carbocycles. The van der Waals surface area contributed by atoms with Crippen molar-refractivity contribution in [2.45, 2.75) is 0 Å². The topological polar surface area (TPSA) is 85.8 Å². The molecule has 8 heteroatoms. The molecule has 25 heavy (non-hydrogen) atoms. The van der Waals surface area contributed by atoms with Gasteiger partial charge >= 0.3 is 5.69 Å². The van der Waals surface area contributed by atoms with Crippen LogP contribution in [0.25, 0.3) is 0 Å². The van der Waals surface area contributed by atoms with Crippen molar-refractivity contribution in [2.24, 2.45) is 19.1 Å². The molecule has 0 aliphatic rings. The van der Waals surface area contributed by atoms with Crippen LogP contribution in [-0.2, 0) is 14.1 Å². The summed E-state index contributed by atoms with van der Waals surface area (Å²) >= 11 is 1.24. The van der Waals surface area contributed by atoms with Crippen LogP contribution < -0.4 is 16.0 Å². The van der Waals surface area contributed by atoms with E-state index in [4.69, 9.17) is 4.74 Å². The summed E-state index contributed by atoms with van der Waals surface area (Å²) in [7, 11) is 4.32. The van der Waals surface area contributed by atoms with Gasteiger partial charge in [-0.1, -0.05) is 6.08 Å². The number of nitrogens with zero attached hydrogens (tertiary/aromatic N) is 3. The van der Waals surface area contributed by atoms with E-state index in [2.05, 4.69) is 11.6 Å². The summed E-state index contributed by atoms with van der Waals surface area (Å²) in [5.41, 5.74) is -0.650. The number of aliphatic imine (C=N–C) groups is 1. The molecule has 0 fully saturated rings. The van der Waals surface area contributed by atoms with Crippen molar-refractivity contribution in [3.8, 4) is 11.6 Å². The third-order valence-electron chi connectivity index (χ3n) is 3.49. The average molecular weight is 361 g/mol. The van der Waals surface area contributed by atoms with Gasteiger partial charge < -0.3 is 9.84 Å². The van der Waals surface area contributed by atoms with Crippen LogP contribution in [0, 0.1) is 0 Å². The van der Waals surface area contributed by atoms with Crippen molar-refractivity contribution in [2.75, 3.05) is 12.9 Å². The van der Waals surface area contributed by atoms with Gasteiger partial charge in [0, 0.05) is 19.8 Å². The highest BCUT2D eigenvalue weighted by atomic mass is 32.2. The van der Waals surface area contributed by atoms with Crippen LogP contribution in [0.2, 0.25) is 0 Å². The summed E-state index contributed by atoms with van der Waals surface area (Å²) in [4.78, 5) is 28.9. The van der Waals surface area contributed by atoms with Gasteiger partial charge in [0.25, 0.3) is 5.56 Å². The Balaban J connectivity index is 2.66. The SMILES string of the molecule is C=CCSC(=Nc1ccc(OC)cc1)c1c(O)n(C)c(=O)n(C)c1=O. The number of benzene rings is 1. The van der Waals surface area contributed by atoms with E-state index >= 15 is 0 Å². The molecule has 0 unspecified atom stereocenters. The maximum absolute atomic E-state index is 12.5. The number of rotatable bonds is 5. The predicted octanol–water partition coefficient (Wildman–Crippen LogP) is 1.80. The van der Waals surface area contributed by atoms with Gasteiger partial charge in [-0.15, -0.1) is 18.3 Å². The first kappa shape index (κ1) is 18.6. The quantitative estimate of drug-likeness (QED) is 0.499. The van der Waals surface area contributed by atoms with Gasteiger partial charge in [0.15, 0.2) is 0 Å². The van der Waals surface area contributed by atoms with E-state index < -0.39 is 17.1 Å². The van der Waals surface area contributed by atoms with Crippen molar-refractivity contribution in [1.82, 2.24) is 9.13 Å². The van der Waals surface area contributed by atoms with Gasteiger partial charge in [0.1, 0.15) is 16.4 Å². The minimum absolute atomic E-state index is 0.0210. The maximum atomic E-state index is 12.5. The number of hydrogen-bond acceptors (Lipinski definition) is 6. The lowest BCUT2D eigenvalue weighted by Crippen LogP contribution is -2.39. The molecule has 0 spiro atoms. The second-order valence-electron chi connectivity index (χ2n) is 5.12. The maximum Gasteiger partial charge on any atom is 0.333 e. The highest BCUT2D eigenvalue weighted by Crippen LogP contribution is 2.24. The van der Waals surface area contributed by atoms with Crippen LogP contribution in [0.1, 0.15) is 5.56 Å². The van der Waals surface area contributed by atoms with Crippen LogP contribution in [0.3, 0.4) is 0 Å². The Kier molecular flexibility index (Phi) is 5.87. The molecule has 1 aromatic heterocycles. The summed E-state index contributed by atoms with van der Waals surface area (Å²) in [6.45, 7) is 3.66.